The van der Waals surface area contributed by atoms with Crippen LogP contribution in [0.4, 0.5) is 5.95 Å². The van der Waals surface area contributed by atoms with Gasteiger partial charge in [-0.05, 0) is 30.7 Å². The van der Waals surface area contributed by atoms with E-state index in [0.29, 0.717) is 12.6 Å². The van der Waals surface area contributed by atoms with Gasteiger partial charge in [0.2, 0.25) is 5.95 Å². The Kier molecular flexibility index (Phi) is 5.74. The van der Waals surface area contributed by atoms with E-state index in [2.05, 4.69) is 17.1 Å². The highest BCUT2D eigenvalue weighted by Crippen LogP contribution is 2.19. The summed E-state index contributed by atoms with van der Waals surface area (Å²) in [5, 5.41) is 8.57. The largest absolute Gasteiger partial charge is 0.494 e. The van der Waals surface area contributed by atoms with Crippen molar-refractivity contribution in [3.8, 4) is 11.5 Å². The number of nitrogen functional groups attached to an aromatic ring is 1. The average Bonchev–Trinajstić information content (AvgIpc) is 2.82. The third-order valence-electron chi connectivity index (χ3n) is 2.75. The molecule has 0 saturated heterocycles. The second-order valence-corrected chi connectivity index (χ2v) is 5.48. The second-order valence-electron chi connectivity index (χ2n) is 4.42. The number of benzene rings is 1. The van der Waals surface area contributed by atoms with Gasteiger partial charge < -0.3 is 15.2 Å². The summed E-state index contributed by atoms with van der Waals surface area (Å²) in [6.45, 7) is 3.41. The van der Waals surface area contributed by atoms with Gasteiger partial charge >= 0.3 is 0 Å². The molecule has 2 N–H and O–H groups in total. The SMILES string of the molecule is CCCOc1ccc(OCCSc2nnc(N)n2C)cc1. The molecule has 2 aromatic rings. The lowest BCUT2D eigenvalue weighted by molar-refractivity contribution is 0.314. The molecule has 0 aliphatic rings. The van der Waals surface area contributed by atoms with Crippen molar-refractivity contribution in [2.45, 2.75) is 18.5 Å². The minimum absolute atomic E-state index is 0.418. The van der Waals surface area contributed by atoms with Crippen molar-refractivity contribution in [1.29, 1.82) is 0 Å². The van der Waals surface area contributed by atoms with Crippen molar-refractivity contribution < 1.29 is 9.47 Å². The fourth-order valence-corrected chi connectivity index (χ4v) is 2.33. The Bertz CT molecular complexity index is 557. The molecule has 0 unspecified atom stereocenters. The molecule has 2 rings (SSSR count). The molecule has 0 atom stereocenters. The molecule has 6 nitrogen and oxygen atoms in total. The number of nitrogens with two attached hydrogens (primary N) is 1. The number of anilines is 1. The second kappa shape index (κ2) is 7.78. The molecule has 1 heterocycles. The number of nitrogens with zero attached hydrogens (tertiary/aromatic N) is 3. The maximum atomic E-state index is 5.67. The molecule has 1 aromatic heterocycles. The van der Waals surface area contributed by atoms with Crippen LogP contribution >= 0.6 is 11.8 Å². The first-order chi connectivity index (χ1) is 10.2. The van der Waals surface area contributed by atoms with Crippen molar-refractivity contribution in [2.24, 2.45) is 7.05 Å². The highest BCUT2D eigenvalue weighted by Gasteiger charge is 2.05. The molecule has 0 radical (unpaired) electrons. The molecule has 114 valence electrons. The van der Waals surface area contributed by atoms with Crippen molar-refractivity contribution in [1.82, 2.24) is 14.8 Å². The van der Waals surface area contributed by atoms with Crippen LogP contribution in [0, 0.1) is 0 Å². The van der Waals surface area contributed by atoms with E-state index in [-0.39, 0.29) is 0 Å². The molecule has 0 spiro atoms. The van der Waals surface area contributed by atoms with Crippen molar-refractivity contribution in [3.05, 3.63) is 24.3 Å². The summed E-state index contributed by atoms with van der Waals surface area (Å²) < 4.78 is 12.9. The lowest BCUT2D eigenvalue weighted by Gasteiger charge is -2.08. The molecular weight excluding hydrogens is 288 g/mol. The van der Waals surface area contributed by atoms with Gasteiger partial charge in [0.05, 0.1) is 13.2 Å². The van der Waals surface area contributed by atoms with Crippen LogP contribution < -0.4 is 15.2 Å². The molecular formula is C14H20N4O2S. The fourth-order valence-electron chi connectivity index (χ4n) is 1.60. The van der Waals surface area contributed by atoms with E-state index < -0.39 is 0 Å². The van der Waals surface area contributed by atoms with Crippen LogP contribution in [0.3, 0.4) is 0 Å². The Labute approximate surface area is 128 Å². The molecule has 0 aliphatic carbocycles. The first-order valence-corrected chi connectivity index (χ1v) is 7.82. The third-order valence-corrected chi connectivity index (χ3v) is 3.73. The minimum Gasteiger partial charge on any atom is -0.494 e. The summed E-state index contributed by atoms with van der Waals surface area (Å²) in [5.41, 5.74) is 5.62. The minimum atomic E-state index is 0.418. The van der Waals surface area contributed by atoms with Crippen molar-refractivity contribution in [2.75, 3.05) is 24.7 Å². The van der Waals surface area contributed by atoms with Gasteiger partial charge in [0, 0.05) is 12.8 Å². The normalized spacial score (nSPS) is 10.6. The maximum absolute atomic E-state index is 5.67. The highest BCUT2D eigenvalue weighted by atomic mass is 32.2. The van der Waals surface area contributed by atoms with E-state index in [0.717, 1.165) is 35.4 Å². The number of hydrogen-bond donors (Lipinski definition) is 1. The Morgan fingerprint density at radius 3 is 2.24 bits per heavy atom. The first-order valence-electron chi connectivity index (χ1n) is 6.84. The third kappa shape index (κ3) is 4.56. The van der Waals surface area contributed by atoms with Crippen LogP contribution in [0.5, 0.6) is 11.5 Å². The summed E-state index contributed by atoms with van der Waals surface area (Å²) in [6, 6.07) is 7.66. The number of rotatable bonds is 8. The summed E-state index contributed by atoms with van der Waals surface area (Å²) in [6.07, 6.45) is 1.00. The predicted octanol–water partition coefficient (Wildman–Crippen LogP) is 2.36. The number of ether oxygens (including phenoxy) is 2. The Morgan fingerprint density at radius 1 is 1.10 bits per heavy atom. The summed E-state index contributed by atoms with van der Waals surface area (Å²) >= 11 is 1.56. The molecule has 0 amide bonds. The average molecular weight is 308 g/mol. The summed E-state index contributed by atoms with van der Waals surface area (Å²) in [4.78, 5) is 0. The van der Waals surface area contributed by atoms with Gasteiger partial charge in [-0.3, -0.25) is 4.57 Å². The highest BCUT2D eigenvalue weighted by molar-refractivity contribution is 7.99. The number of thioether (sulfide) groups is 1. The zero-order valence-electron chi connectivity index (χ0n) is 12.3. The van der Waals surface area contributed by atoms with Gasteiger partial charge in [-0.2, -0.15) is 0 Å². The standard InChI is InChI=1S/C14H20N4O2S/c1-3-8-19-11-4-6-12(7-5-11)20-9-10-21-14-17-16-13(15)18(14)2/h4-7H,3,8-10H2,1-2H3,(H2,15,16). The van der Waals surface area contributed by atoms with E-state index in [1.165, 1.54) is 0 Å². The van der Waals surface area contributed by atoms with Gasteiger partial charge in [-0.15, -0.1) is 10.2 Å². The number of aromatic nitrogens is 3. The van der Waals surface area contributed by atoms with Crippen LogP contribution in [-0.2, 0) is 7.05 Å². The van der Waals surface area contributed by atoms with Crippen LogP contribution in [0.1, 0.15) is 13.3 Å². The molecule has 1 aromatic carbocycles. The molecule has 0 fully saturated rings. The van der Waals surface area contributed by atoms with Crippen molar-refractivity contribution >= 4 is 17.7 Å². The van der Waals surface area contributed by atoms with Crippen molar-refractivity contribution in [3.63, 3.8) is 0 Å². The van der Waals surface area contributed by atoms with Gasteiger partial charge in [-0.1, -0.05) is 18.7 Å². The molecule has 0 saturated carbocycles. The van der Waals surface area contributed by atoms with E-state index in [9.17, 15) is 0 Å². The molecule has 7 heteroatoms. The van der Waals surface area contributed by atoms with E-state index in [4.69, 9.17) is 15.2 Å². The fraction of sp³-hybridized carbons (Fsp3) is 0.429. The van der Waals surface area contributed by atoms with Crippen LogP contribution in [0.2, 0.25) is 0 Å². The van der Waals surface area contributed by atoms with Gasteiger partial charge in [0.15, 0.2) is 5.16 Å². The Balaban J connectivity index is 1.72. The Hall–Kier alpha value is -1.89. The maximum Gasteiger partial charge on any atom is 0.222 e. The zero-order chi connectivity index (χ0) is 15.1. The molecule has 0 aliphatic heterocycles. The van der Waals surface area contributed by atoms with Gasteiger partial charge in [0.1, 0.15) is 11.5 Å². The molecule has 0 bridgehead atoms. The van der Waals surface area contributed by atoms with Gasteiger partial charge in [-0.25, -0.2) is 0 Å². The molecule has 21 heavy (non-hydrogen) atoms. The topological polar surface area (TPSA) is 75.2 Å². The van der Waals surface area contributed by atoms with E-state index in [1.54, 1.807) is 16.3 Å². The smallest absolute Gasteiger partial charge is 0.222 e. The Morgan fingerprint density at radius 2 is 1.71 bits per heavy atom. The van der Waals surface area contributed by atoms with E-state index >= 15 is 0 Å². The zero-order valence-corrected chi connectivity index (χ0v) is 13.1. The quantitative estimate of drug-likeness (QED) is 0.596. The lowest BCUT2D eigenvalue weighted by Crippen LogP contribution is -2.02. The summed E-state index contributed by atoms with van der Waals surface area (Å²) in [5.74, 6) is 2.89. The van der Waals surface area contributed by atoms with Gasteiger partial charge in [0.25, 0.3) is 0 Å². The first kappa shape index (κ1) is 15.5. The van der Waals surface area contributed by atoms with Crippen LogP contribution in [-0.4, -0.2) is 33.7 Å². The number of hydrogen-bond acceptors (Lipinski definition) is 6. The lowest BCUT2D eigenvalue weighted by atomic mass is 10.3. The van der Waals surface area contributed by atoms with Crippen LogP contribution in [0.25, 0.3) is 0 Å². The summed E-state index contributed by atoms with van der Waals surface area (Å²) in [7, 11) is 1.84. The predicted molar refractivity (Wildman–Crippen MR) is 83.9 cm³/mol. The monoisotopic (exact) mass is 308 g/mol. The van der Waals surface area contributed by atoms with E-state index in [1.807, 2.05) is 31.3 Å². The van der Waals surface area contributed by atoms with Crippen LogP contribution in [0.15, 0.2) is 29.4 Å².